The van der Waals surface area contributed by atoms with Crippen LogP contribution in [-0.4, -0.2) is 31.9 Å². The van der Waals surface area contributed by atoms with Crippen LogP contribution in [0.1, 0.15) is 12.0 Å². The third kappa shape index (κ3) is 3.12. The predicted octanol–water partition coefficient (Wildman–Crippen LogP) is 1.53. The fourth-order valence-electron chi connectivity index (χ4n) is 1.85. The van der Waals surface area contributed by atoms with E-state index in [1.807, 2.05) is 30.3 Å². The van der Waals surface area contributed by atoms with Gasteiger partial charge in [0.25, 0.3) is 0 Å². The lowest BCUT2D eigenvalue weighted by atomic mass is 10.2. The molecule has 0 amide bonds. The van der Waals surface area contributed by atoms with E-state index in [-0.39, 0.29) is 12.4 Å². The van der Waals surface area contributed by atoms with Crippen LogP contribution in [0.3, 0.4) is 0 Å². The van der Waals surface area contributed by atoms with Crippen LogP contribution < -0.4 is 0 Å². The van der Waals surface area contributed by atoms with Crippen LogP contribution in [0.25, 0.3) is 0 Å². The molecule has 92 valence electrons. The highest BCUT2D eigenvalue weighted by molar-refractivity contribution is 5.57. The molecule has 3 atom stereocenters. The molecule has 0 unspecified atom stereocenters. The summed E-state index contributed by atoms with van der Waals surface area (Å²) in [6.07, 6.45) is 0.272. The van der Waals surface area contributed by atoms with Crippen molar-refractivity contribution in [2.75, 3.05) is 7.11 Å². The van der Waals surface area contributed by atoms with E-state index in [1.165, 1.54) is 0 Å². The number of rotatable bonds is 5. The van der Waals surface area contributed by atoms with Gasteiger partial charge in [0.05, 0.1) is 12.7 Å². The lowest BCUT2D eigenvalue weighted by Crippen LogP contribution is -2.25. The Bertz CT molecular complexity index is 352. The molecule has 1 aromatic rings. The molecule has 1 fully saturated rings. The first-order valence-corrected chi connectivity index (χ1v) is 5.62. The van der Waals surface area contributed by atoms with Gasteiger partial charge in [-0.1, -0.05) is 30.3 Å². The molecule has 1 heterocycles. The van der Waals surface area contributed by atoms with Crippen LogP contribution in [0, 0.1) is 0 Å². The van der Waals surface area contributed by atoms with Crippen LogP contribution in [-0.2, 0) is 25.6 Å². The van der Waals surface area contributed by atoms with Crippen molar-refractivity contribution in [3.63, 3.8) is 0 Å². The first kappa shape index (κ1) is 12.2. The van der Waals surface area contributed by atoms with Crippen LogP contribution in [0.15, 0.2) is 30.3 Å². The predicted molar refractivity (Wildman–Crippen MR) is 61.4 cm³/mol. The van der Waals surface area contributed by atoms with Gasteiger partial charge < -0.3 is 19.0 Å². The van der Waals surface area contributed by atoms with E-state index in [2.05, 4.69) is 0 Å². The standard InChI is InChI=1S/C13H16O4/c1-15-13-7-11(12(8-14)17-13)16-9-10-5-3-2-4-6-10/h2-6,8,11-13H,7,9H2,1H3/t11-,12+,13+/m0/s1. The van der Waals surface area contributed by atoms with Gasteiger partial charge in [-0.15, -0.1) is 0 Å². The van der Waals surface area contributed by atoms with Crippen molar-refractivity contribution in [3.8, 4) is 0 Å². The summed E-state index contributed by atoms with van der Waals surface area (Å²) >= 11 is 0. The molecule has 0 aromatic heterocycles. The average molecular weight is 236 g/mol. The molecular formula is C13H16O4. The molecule has 1 aliphatic heterocycles. The lowest BCUT2D eigenvalue weighted by molar-refractivity contribution is -0.140. The first-order valence-electron chi connectivity index (χ1n) is 5.62. The maximum Gasteiger partial charge on any atom is 0.160 e. The minimum absolute atomic E-state index is 0.224. The van der Waals surface area contributed by atoms with Crippen LogP contribution in [0.5, 0.6) is 0 Å². The Balaban J connectivity index is 1.88. The quantitative estimate of drug-likeness (QED) is 0.727. The lowest BCUT2D eigenvalue weighted by Gasteiger charge is -2.13. The minimum atomic E-state index is -0.524. The van der Waals surface area contributed by atoms with Gasteiger partial charge in [-0.2, -0.15) is 0 Å². The van der Waals surface area contributed by atoms with Gasteiger partial charge in [-0.25, -0.2) is 0 Å². The highest BCUT2D eigenvalue weighted by atomic mass is 16.7. The van der Waals surface area contributed by atoms with Crippen LogP contribution in [0.2, 0.25) is 0 Å². The molecule has 1 saturated heterocycles. The molecule has 0 radical (unpaired) electrons. The second kappa shape index (κ2) is 5.91. The Morgan fingerprint density at radius 2 is 2.18 bits per heavy atom. The van der Waals surface area contributed by atoms with Gasteiger partial charge >= 0.3 is 0 Å². The summed E-state index contributed by atoms with van der Waals surface area (Å²) in [5, 5.41) is 0. The van der Waals surface area contributed by atoms with E-state index in [4.69, 9.17) is 14.2 Å². The Labute approximate surface area is 100 Å². The second-order valence-corrected chi connectivity index (χ2v) is 3.97. The largest absolute Gasteiger partial charge is 0.370 e. The first-order chi connectivity index (χ1) is 8.33. The third-order valence-electron chi connectivity index (χ3n) is 2.80. The monoisotopic (exact) mass is 236 g/mol. The Morgan fingerprint density at radius 3 is 2.82 bits per heavy atom. The molecule has 1 aliphatic rings. The molecule has 0 spiro atoms. The molecule has 17 heavy (non-hydrogen) atoms. The van der Waals surface area contributed by atoms with Crippen LogP contribution in [0.4, 0.5) is 0 Å². The molecule has 4 nitrogen and oxygen atoms in total. The number of carbonyl (C=O) groups is 1. The zero-order valence-corrected chi connectivity index (χ0v) is 9.74. The second-order valence-electron chi connectivity index (χ2n) is 3.97. The van der Waals surface area contributed by atoms with Crippen molar-refractivity contribution in [2.24, 2.45) is 0 Å². The minimum Gasteiger partial charge on any atom is -0.370 e. The van der Waals surface area contributed by atoms with Crippen molar-refractivity contribution in [1.82, 2.24) is 0 Å². The highest BCUT2D eigenvalue weighted by Crippen LogP contribution is 2.23. The number of aldehydes is 1. The zero-order chi connectivity index (χ0) is 12.1. The molecule has 1 aromatic carbocycles. The fourth-order valence-corrected chi connectivity index (χ4v) is 1.85. The van der Waals surface area contributed by atoms with Gasteiger partial charge in [-0.05, 0) is 5.56 Å². The summed E-state index contributed by atoms with van der Waals surface area (Å²) < 4.78 is 16.1. The summed E-state index contributed by atoms with van der Waals surface area (Å²) in [5.41, 5.74) is 1.08. The van der Waals surface area contributed by atoms with Crippen LogP contribution >= 0.6 is 0 Å². The normalized spacial score (nSPS) is 28.2. The molecule has 0 saturated carbocycles. The zero-order valence-electron chi connectivity index (χ0n) is 9.74. The number of carbonyl (C=O) groups excluding carboxylic acids is 1. The van der Waals surface area contributed by atoms with Gasteiger partial charge in [0, 0.05) is 13.5 Å². The molecule has 0 N–H and O–H groups in total. The number of ether oxygens (including phenoxy) is 3. The average Bonchev–Trinajstić information content (AvgIpc) is 2.80. The summed E-state index contributed by atoms with van der Waals surface area (Å²) in [4.78, 5) is 10.8. The smallest absolute Gasteiger partial charge is 0.160 e. The van der Waals surface area contributed by atoms with E-state index in [9.17, 15) is 4.79 Å². The number of methoxy groups -OCH3 is 1. The van der Waals surface area contributed by atoms with E-state index < -0.39 is 6.10 Å². The van der Waals surface area contributed by atoms with Gasteiger partial charge in [0.2, 0.25) is 0 Å². The van der Waals surface area contributed by atoms with E-state index >= 15 is 0 Å². The SMILES string of the molecule is CO[C@H]1C[C@H](OCc2ccccc2)[C@@H](C=O)O1. The number of hydrogen-bond donors (Lipinski definition) is 0. The van der Waals surface area contributed by atoms with E-state index in [1.54, 1.807) is 7.11 Å². The molecule has 0 aliphatic carbocycles. The van der Waals surface area contributed by atoms with Crippen molar-refractivity contribution in [3.05, 3.63) is 35.9 Å². The van der Waals surface area contributed by atoms with E-state index in [0.717, 1.165) is 11.8 Å². The molecule has 2 rings (SSSR count). The third-order valence-corrected chi connectivity index (χ3v) is 2.80. The summed E-state index contributed by atoms with van der Waals surface area (Å²) in [7, 11) is 1.56. The van der Waals surface area contributed by atoms with Gasteiger partial charge in [-0.3, -0.25) is 0 Å². The van der Waals surface area contributed by atoms with Crippen molar-refractivity contribution >= 4 is 6.29 Å². The fraction of sp³-hybridized carbons (Fsp3) is 0.462. The van der Waals surface area contributed by atoms with Gasteiger partial charge in [0.15, 0.2) is 12.6 Å². The van der Waals surface area contributed by atoms with Crippen molar-refractivity contribution in [1.29, 1.82) is 0 Å². The maximum atomic E-state index is 10.8. The van der Waals surface area contributed by atoms with Crippen molar-refractivity contribution in [2.45, 2.75) is 31.5 Å². The molecule has 0 bridgehead atoms. The Hall–Kier alpha value is -1.23. The summed E-state index contributed by atoms with van der Waals surface area (Å²) in [6.45, 7) is 0.482. The maximum absolute atomic E-state index is 10.8. The number of hydrogen-bond acceptors (Lipinski definition) is 4. The highest BCUT2D eigenvalue weighted by Gasteiger charge is 2.35. The molecular weight excluding hydrogens is 220 g/mol. The van der Waals surface area contributed by atoms with Gasteiger partial charge in [0.1, 0.15) is 6.10 Å². The van der Waals surface area contributed by atoms with E-state index in [0.29, 0.717) is 13.0 Å². The number of benzene rings is 1. The Morgan fingerprint density at radius 1 is 1.41 bits per heavy atom. The topological polar surface area (TPSA) is 44.8 Å². The molecule has 4 heteroatoms. The summed E-state index contributed by atoms with van der Waals surface area (Å²) in [5.74, 6) is 0. The van der Waals surface area contributed by atoms with Crippen molar-refractivity contribution < 1.29 is 19.0 Å². The summed E-state index contributed by atoms with van der Waals surface area (Å²) in [6, 6.07) is 9.84. The Kier molecular flexibility index (Phi) is 4.25.